The number of rotatable bonds is 7. The van der Waals surface area contributed by atoms with E-state index < -0.39 is 17.5 Å². The Kier molecular flexibility index (Phi) is 5.88. The lowest BCUT2D eigenvalue weighted by molar-refractivity contribution is -0.327. The Labute approximate surface area is 87.7 Å². The molecule has 0 aromatic rings. The Morgan fingerprint density at radius 1 is 1.27 bits per heavy atom. The molecule has 6 heteroatoms. The molecule has 0 unspecified atom stereocenters. The lowest BCUT2D eigenvalue weighted by Crippen LogP contribution is -2.27. The van der Waals surface area contributed by atoms with Gasteiger partial charge >= 0.3 is 11.9 Å². The minimum Gasteiger partial charge on any atom is -0.481 e. The zero-order valence-corrected chi connectivity index (χ0v) is 8.86. The molecule has 0 aliphatic heterocycles. The van der Waals surface area contributed by atoms with Crippen molar-refractivity contribution in [3.05, 3.63) is 0 Å². The van der Waals surface area contributed by atoms with E-state index in [9.17, 15) is 9.59 Å². The van der Waals surface area contributed by atoms with E-state index in [0.29, 0.717) is 6.42 Å². The Hall–Kier alpha value is -1.14. The number of carbonyl (C=O) groups excluding carboxylic acids is 1. The number of hydrogen-bond donors (Lipinski definition) is 2. The van der Waals surface area contributed by atoms with Crippen molar-refractivity contribution in [3.8, 4) is 0 Å². The highest BCUT2D eigenvalue weighted by Gasteiger charge is 2.21. The normalized spacial score (nSPS) is 11.1. The summed E-state index contributed by atoms with van der Waals surface area (Å²) in [5.41, 5.74) is -0.770. The van der Waals surface area contributed by atoms with Crippen LogP contribution in [0.3, 0.4) is 0 Å². The van der Waals surface area contributed by atoms with Gasteiger partial charge < -0.3 is 10.2 Å². The van der Waals surface area contributed by atoms with E-state index in [2.05, 4.69) is 4.89 Å². The number of aliphatic carboxylic acids is 1. The summed E-state index contributed by atoms with van der Waals surface area (Å²) in [6.45, 7) is 3.21. The van der Waals surface area contributed by atoms with Crippen LogP contribution < -0.4 is 0 Å². The maximum Gasteiger partial charge on any atom is 0.342 e. The van der Waals surface area contributed by atoms with Crippen LogP contribution in [-0.2, 0) is 19.4 Å². The molecule has 88 valence electrons. The highest BCUT2D eigenvalue weighted by atomic mass is 17.2. The Balaban J connectivity index is 3.74. The first-order valence-electron chi connectivity index (χ1n) is 4.58. The summed E-state index contributed by atoms with van der Waals surface area (Å²) in [4.78, 5) is 30.2. The third-order valence-electron chi connectivity index (χ3n) is 1.62. The molecule has 0 rings (SSSR count). The maximum atomic E-state index is 10.9. The summed E-state index contributed by atoms with van der Waals surface area (Å²) in [5.74, 6) is -1.80. The molecule has 6 nitrogen and oxygen atoms in total. The molecule has 0 aromatic carbocycles. The van der Waals surface area contributed by atoms with Gasteiger partial charge in [0.05, 0.1) is 12.8 Å². The zero-order valence-electron chi connectivity index (χ0n) is 8.86. The van der Waals surface area contributed by atoms with Crippen molar-refractivity contribution in [2.45, 2.75) is 38.7 Å². The van der Waals surface area contributed by atoms with Crippen LogP contribution in [-0.4, -0.2) is 34.4 Å². The molecule has 0 aliphatic carbocycles. The fourth-order valence-corrected chi connectivity index (χ4v) is 0.721. The van der Waals surface area contributed by atoms with Crippen LogP contribution in [0.2, 0.25) is 0 Å². The second-order valence-corrected chi connectivity index (χ2v) is 3.67. The fourth-order valence-electron chi connectivity index (χ4n) is 0.721. The van der Waals surface area contributed by atoms with Crippen molar-refractivity contribution in [2.24, 2.45) is 0 Å². The molecule has 15 heavy (non-hydrogen) atoms. The second kappa shape index (κ2) is 6.36. The minimum absolute atomic E-state index is 0.0837. The van der Waals surface area contributed by atoms with Crippen LogP contribution in [0.1, 0.15) is 33.1 Å². The predicted molar refractivity (Wildman–Crippen MR) is 49.8 cm³/mol. The van der Waals surface area contributed by atoms with E-state index in [4.69, 9.17) is 15.1 Å². The van der Waals surface area contributed by atoms with Gasteiger partial charge in [0.25, 0.3) is 0 Å². The van der Waals surface area contributed by atoms with Crippen molar-refractivity contribution < 1.29 is 29.6 Å². The lowest BCUT2D eigenvalue weighted by atomic mass is 10.1. The first-order chi connectivity index (χ1) is 6.87. The molecule has 0 bridgehead atoms. The average molecular weight is 220 g/mol. The molecular formula is C9H16O6. The molecule has 0 aliphatic rings. The van der Waals surface area contributed by atoms with Crippen LogP contribution in [0.5, 0.6) is 0 Å². The lowest BCUT2D eigenvalue weighted by Gasteiger charge is -2.21. The average Bonchev–Trinajstić information content (AvgIpc) is 2.11. The number of carbonyl (C=O) groups is 2. The predicted octanol–water partition coefficient (Wildman–Crippen LogP) is 0.487. The van der Waals surface area contributed by atoms with E-state index in [-0.39, 0.29) is 19.4 Å². The third kappa shape index (κ3) is 7.90. The van der Waals surface area contributed by atoms with Gasteiger partial charge in [-0.2, -0.15) is 4.89 Å². The van der Waals surface area contributed by atoms with Gasteiger partial charge in [-0.05, 0) is 13.8 Å². The maximum absolute atomic E-state index is 10.9. The van der Waals surface area contributed by atoms with Gasteiger partial charge in [0.1, 0.15) is 5.60 Å². The largest absolute Gasteiger partial charge is 0.481 e. The van der Waals surface area contributed by atoms with E-state index in [0.717, 1.165) is 0 Å². The Bertz CT molecular complexity index is 223. The van der Waals surface area contributed by atoms with Crippen LogP contribution >= 0.6 is 0 Å². The molecule has 2 N–H and O–H groups in total. The zero-order chi connectivity index (χ0) is 11.9. The van der Waals surface area contributed by atoms with E-state index in [1.165, 1.54) is 0 Å². The third-order valence-corrected chi connectivity index (χ3v) is 1.62. The van der Waals surface area contributed by atoms with Gasteiger partial charge in [0.2, 0.25) is 0 Å². The first kappa shape index (κ1) is 13.9. The molecule has 0 saturated heterocycles. The van der Waals surface area contributed by atoms with E-state index >= 15 is 0 Å². The topological polar surface area (TPSA) is 93.1 Å². The number of aliphatic hydroxyl groups excluding tert-OH is 1. The summed E-state index contributed by atoms with van der Waals surface area (Å²) in [6, 6.07) is 0. The molecule has 0 aromatic heterocycles. The van der Waals surface area contributed by atoms with Crippen LogP contribution in [0, 0.1) is 0 Å². The molecule has 0 amide bonds. The molecule has 0 radical (unpaired) electrons. The van der Waals surface area contributed by atoms with Gasteiger partial charge in [-0.15, -0.1) is 0 Å². The van der Waals surface area contributed by atoms with Crippen LogP contribution in [0.25, 0.3) is 0 Å². The highest BCUT2D eigenvalue weighted by Crippen LogP contribution is 2.14. The van der Waals surface area contributed by atoms with Crippen molar-refractivity contribution in [3.63, 3.8) is 0 Å². The fraction of sp³-hybridized carbons (Fsp3) is 0.778. The van der Waals surface area contributed by atoms with Gasteiger partial charge in [-0.25, -0.2) is 4.79 Å². The molecule has 0 saturated carbocycles. The summed E-state index contributed by atoms with van der Waals surface area (Å²) in [7, 11) is 0. The molecule has 0 fully saturated rings. The molecule has 0 atom stereocenters. The monoisotopic (exact) mass is 220 g/mol. The SMILES string of the molecule is CC(C)(CCO)OOC(=O)CCC(=O)O. The summed E-state index contributed by atoms with van der Waals surface area (Å²) < 4.78 is 0. The number of hydrogen-bond acceptors (Lipinski definition) is 5. The number of carboxylic acids is 1. The minimum atomic E-state index is -1.07. The number of carboxylic acid groups (broad SMARTS) is 1. The Morgan fingerprint density at radius 3 is 2.33 bits per heavy atom. The van der Waals surface area contributed by atoms with Crippen molar-refractivity contribution in [2.75, 3.05) is 6.61 Å². The second-order valence-electron chi connectivity index (χ2n) is 3.67. The van der Waals surface area contributed by atoms with Crippen molar-refractivity contribution in [1.82, 2.24) is 0 Å². The van der Waals surface area contributed by atoms with Gasteiger partial charge in [0, 0.05) is 13.0 Å². The first-order valence-corrected chi connectivity index (χ1v) is 4.58. The summed E-state index contributed by atoms with van der Waals surface area (Å²) in [5, 5.41) is 16.9. The summed E-state index contributed by atoms with van der Waals surface area (Å²) >= 11 is 0. The van der Waals surface area contributed by atoms with Gasteiger partial charge in [-0.3, -0.25) is 9.68 Å². The molecule has 0 spiro atoms. The van der Waals surface area contributed by atoms with Crippen LogP contribution in [0.4, 0.5) is 0 Å². The van der Waals surface area contributed by atoms with Crippen molar-refractivity contribution >= 4 is 11.9 Å². The quantitative estimate of drug-likeness (QED) is 0.479. The van der Waals surface area contributed by atoms with E-state index in [1.807, 2.05) is 0 Å². The Morgan fingerprint density at radius 2 is 1.87 bits per heavy atom. The smallest absolute Gasteiger partial charge is 0.342 e. The van der Waals surface area contributed by atoms with Crippen molar-refractivity contribution in [1.29, 1.82) is 0 Å². The molecular weight excluding hydrogens is 204 g/mol. The van der Waals surface area contributed by atoms with E-state index in [1.54, 1.807) is 13.8 Å². The highest BCUT2D eigenvalue weighted by molar-refractivity contribution is 5.76. The standard InChI is InChI=1S/C9H16O6/c1-9(2,5-6-10)15-14-8(13)4-3-7(11)12/h10H,3-6H2,1-2H3,(H,11,12). The van der Waals surface area contributed by atoms with Gasteiger partial charge in [-0.1, -0.05) is 0 Å². The van der Waals surface area contributed by atoms with Crippen LogP contribution in [0.15, 0.2) is 0 Å². The number of aliphatic hydroxyl groups is 1. The summed E-state index contributed by atoms with van der Waals surface area (Å²) in [6.07, 6.45) is -0.202. The van der Waals surface area contributed by atoms with Gasteiger partial charge in [0.15, 0.2) is 0 Å². The molecule has 0 heterocycles.